The van der Waals surface area contributed by atoms with E-state index < -0.39 is 0 Å². The maximum Gasteiger partial charge on any atom is -0.0329 e. The zero-order valence-electron chi connectivity index (χ0n) is 8.67. The van der Waals surface area contributed by atoms with E-state index >= 15 is 0 Å². The number of hydrogen-bond acceptors (Lipinski definition) is 0. The summed E-state index contributed by atoms with van der Waals surface area (Å²) in [6.07, 6.45) is 14.1. The molecule has 2 atom stereocenters. The molecule has 0 heteroatoms. The molecule has 13 heavy (non-hydrogen) atoms. The van der Waals surface area contributed by atoms with E-state index in [-0.39, 0.29) is 0 Å². The van der Waals surface area contributed by atoms with Crippen molar-refractivity contribution in [1.82, 2.24) is 0 Å². The highest BCUT2D eigenvalue weighted by Gasteiger charge is 2.45. The van der Waals surface area contributed by atoms with Gasteiger partial charge in [0, 0.05) is 0 Å². The van der Waals surface area contributed by atoms with Gasteiger partial charge in [0.05, 0.1) is 0 Å². The van der Waals surface area contributed by atoms with E-state index in [4.69, 9.17) is 0 Å². The van der Waals surface area contributed by atoms with Gasteiger partial charge in [-0.1, -0.05) is 51.4 Å². The highest BCUT2D eigenvalue weighted by Crippen LogP contribution is 2.55. The van der Waals surface area contributed by atoms with Crippen molar-refractivity contribution in [2.75, 3.05) is 0 Å². The van der Waals surface area contributed by atoms with E-state index in [9.17, 15) is 0 Å². The summed E-state index contributed by atoms with van der Waals surface area (Å²) in [5.74, 6) is 4.71. The Morgan fingerprint density at radius 3 is 1.54 bits per heavy atom. The van der Waals surface area contributed by atoms with E-state index in [2.05, 4.69) is 0 Å². The van der Waals surface area contributed by atoms with Crippen LogP contribution in [-0.2, 0) is 0 Å². The Morgan fingerprint density at radius 2 is 1.00 bits per heavy atom. The summed E-state index contributed by atoms with van der Waals surface area (Å²) >= 11 is 0. The monoisotopic (exact) mass is 178 g/mol. The molecule has 3 saturated carbocycles. The highest BCUT2D eigenvalue weighted by molar-refractivity contribution is 4.95. The lowest BCUT2D eigenvalue weighted by molar-refractivity contribution is 0.0232. The summed E-state index contributed by atoms with van der Waals surface area (Å²) in [4.78, 5) is 0. The van der Waals surface area contributed by atoms with Gasteiger partial charge in [-0.25, -0.2) is 0 Å². The number of hydrogen-bond donors (Lipinski definition) is 0. The largest absolute Gasteiger partial charge is 0.0530 e. The van der Waals surface area contributed by atoms with E-state index in [1.807, 2.05) is 0 Å². The van der Waals surface area contributed by atoms with Gasteiger partial charge in [0.1, 0.15) is 0 Å². The van der Waals surface area contributed by atoms with Crippen molar-refractivity contribution in [3.05, 3.63) is 0 Å². The van der Waals surface area contributed by atoms with Crippen LogP contribution in [0.15, 0.2) is 0 Å². The minimum absolute atomic E-state index is 1.16. The van der Waals surface area contributed by atoms with Crippen molar-refractivity contribution < 1.29 is 0 Å². The van der Waals surface area contributed by atoms with Crippen molar-refractivity contribution in [2.45, 2.75) is 57.8 Å². The second-order valence-corrected chi connectivity index (χ2v) is 5.66. The summed E-state index contributed by atoms with van der Waals surface area (Å²) < 4.78 is 0. The fourth-order valence-corrected chi connectivity index (χ4v) is 4.44. The van der Waals surface area contributed by atoms with E-state index in [0.29, 0.717) is 0 Å². The highest BCUT2D eigenvalue weighted by atomic mass is 14.5. The van der Waals surface area contributed by atoms with Gasteiger partial charge in [-0.2, -0.15) is 0 Å². The summed E-state index contributed by atoms with van der Waals surface area (Å²) in [7, 11) is 0. The molecule has 3 fully saturated rings. The van der Waals surface area contributed by atoms with E-state index in [0.717, 1.165) is 5.92 Å². The third kappa shape index (κ3) is 1.33. The Morgan fingerprint density at radius 1 is 0.538 bits per heavy atom. The summed E-state index contributed by atoms with van der Waals surface area (Å²) in [5, 5.41) is 0. The molecule has 3 rings (SSSR count). The molecule has 0 spiro atoms. The molecule has 0 radical (unpaired) electrons. The Hall–Kier alpha value is 0. The second-order valence-electron chi connectivity index (χ2n) is 5.66. The van der Waals surface area contributed by atoms with Crippen LogP contribution in [0.5, 0.6) is 0 Å². The number of rotatable bonds is 0. The van der Waals surface area contributed by atoms with Gasteiger partial charge >= 0.3 is 0 Å². The molecule has 0 aromatic rings. The third-order valence-electron chi connectivity index (χ3n) is 5.04. The van der Waals surface area contributed by atoms with Crippen LogP contribution in [-0.4, -0.2) is 0 Å². The van der Waals surface area contributed by atoms with Crippen molar-refractivity contribution in [3.8, 4) is 0 Å². The maximum absolute atomic E-state index is 1.61. The molecular weight excluding hydrogens is 156 g/mol. The molecule has 74 valence electrons. The molecule has 0 aromatic heterocycles. The predicted molar refractivity (Wildman–Crippen MR) is 55.5 cm³/mol. The van der Waals surface area contributed by atoms with Crippen LogP contribution in [0.3, 0.4) is 0 Å². The van der Waals surface area contributed by atoms with Gasteiger partial charge in [0.2, 0.25) is 0 Å². The lowest BCUT2D eigenvalue weighted by Gasteiger charge is -2.47. The Balaban J connectivity index is 1.78. The maximum atomic E-state index is 1.61. The molecule has 0 nitrogen and oxygen atoms in total. The third-order valence-corrected chi connectivity index (χ3v) is 5.04. The topological polar surface area (TPSA) is 0 Å². The standard InChI is InChI=1S/C13H22/c1-3-7-11-9-12-8-4-2-6-10(5-1)13(11)12/h10-13H,1-9H2. The Labute approximate surface area is 82.1 Å². The average molecular weight is 178 g/mol. The first kappa shape index (κ1) is 8.32. The molecule has 0 heterocycles. The second kappa shape index (κ2) is 3.29. The molecule has 0 aromatic carbocycles. The molecule has 3 aliphatic carbocycles. The van der Waals surface area contributed by atoms with E-state index in [1.54, 1.807) is 57.8 Å². The Bertz CT molecular complexity index is 166. The van der Waals surface area contributed by atoms with Crippen LogP contribution in [0.2, 0.25) is 0 Å². The van der Waals surface area contributed by atoms with Crippen LogP contribution >= 0.6 is 0 Å². The first-order valence-corrected chi connectivity index (χ1v) is 6.45. The summed E-state index contributed by atoms with van der Waals surface area (Å²) in [6.45, 7) is 0. The summed E-state index contributed by atoms with van der Waals surface area (Å²) in [6, 6.07) is 0. The minimum atomic E-state index is 1.16. The SMILES string of the molecule is C1CCC2CC3CCCCC(C1)C23. The van der Waals surface area contributed by atoms with Crippen molar-refractivity contribution in [1.29, 1.82) is 0 Å². The summed E-state index contributed by atoms with van der Waals surface area (Å²) in [5.41, 5.74) is 0. The molecule has 0 N–H and O–H groups in total. The lowest BCUT2D eigenvalue weighted by Crippen LogP contribution is -2.39. The van der Waals surface area contributed by atoms with Gasteiger partial charge in [0.25, 0.3) is 0 Å². The molecular formula is C13H22. The van der Waals surface area contributed by atoms with Crippen LogP contribution in [0.25, 0.3) is 0 Å². The van der Waals surface area contributed by atoms with Gasteiger partial charge in [0.15, 0.2) is 0 Å². The van der Waals surface area contributed by atoms with Crippen LogP contribution in [0, 0.1) is 23.7 Å². The van der Waals surface area contributed by atoms with Crippen LogP contribution in [0.1, 0.15) is 57.8 Å². The fraction of sp³-hybridized carbons (Fsp3) is 1.00. The lowest BCUT2D eigenvalue weighted by atomic mass is 9.58. The predicted octanol–water partition coefficient (Wildman–Crippen LogP) is 4.00. The molecule has 0 amide bonds. The average Bonchev–Trinajstić information content (AvgIpc) is 2.31. The molecule has 0 saturated heterocycles. The van der Waals surface area contributed by atoms with Crippen LogP contribution < -0.4 is 0 Å². The van der Waals surface area contributed by atoms with Gasteiger partial charge in [-0.05, 0) is 30.1 Å². The van der Waals surface area contributed by atoms with Gasteiger partial charge < -0.3 is 0 Å². The smallest absolute Gasteiger partial charge is 0.0329 e. The van der Waals surface area contributed by atoms with Crippen molar-refractivity contribution in [3.63, 3.8) is 0 Å². The van der Waals surface area contributed by atoms with Gasteiger partial charge in [-0.15, -0.1) is 0 Å². The van der Waals surface area contributed by atoms with Crippen molar-refractivity contribution in [2.24, 2.45) is 23.7 Å². The van der Waals surface area contributed by atoms with Gasteiger partial charge in [-0.3, -0.25) is 0 Å². The normalized spacial score (nSPS) is 49.8. The molecule has 0 bridgehead atoms. The fourth-order valence-electron chi connectivity index (χ4n) is 4.44. The zero-order valence-corrected chi connectivity index (χ0v) is 8.67. The van der Waals surface area contributed by atoms with E-state index in [1.165, 1.54) is 17.8 Å². The first-order valence-electron chi connectivity index (χ1n) is 6.45. The van der Waals surface area contributed by atoms with Crippen molar-refractivity contribution >= 4 is 0 Å². The Kier molecular flexibility index (Phi) is 2.11. The molecule has 2 unspecified atom stereocenters. The minimum Gasteiger partial charge on any atom is -0.0530 e. The zero-order chi connectivity index (χ0) is 8.67. The van der Waals surface area contributed by atoms with Crippen LogP contribution in [0.4, 0.5) is 0 Å². The quantitative estimate of drug-likeness (QED) is 0.526. The molecule has 3 aliphatic rings. The first-order chi connectivity index (χ1) is 6.45. The molecule has 0 aliphatic heterocycles.